The molecule has 96 valence electrons. The van der Waals surface area contributed by atoms with Crippen LogP contribution in [-0.2, 0) is 0 Å². The molecular formula is C15H21N3. The summed E-state index contributed by atoms with van der Waals surface area (Å²) in [6, 6.07) is 8.38. The van der Waals surface area contributed by atoms with Crippen LogP contribution >= 0.6 is 0 Å². The Morgan fingerprint density at radius 3 is 2.56 bits per heavy atom. The van der Waals surface area contributed by atoms with Crippen molar-refractivity contribution in [1.29, 1.82) is 0 Å². The molecule has 0 saturated heterocycles. The normalized spacial score (nSPS) is 13.6. The first-order valence-corrected chi connectivity index (χ1v) is 6.29. The number of nitrogen functional groups attached to an aromatic ring is 1. The Bertz CT molecular complexity index is 555. The minimum absolute atomic E-state index is 0.177. The summed E-state index contributed by atoms with van der Waals surface area (Å²) in [4.78, 5) is 4.35. The van der Waals surface area contributed by atoms with Gasteiger partial charge in [0, 0.05) is 11.4 Å². The van der Waals surface area contributed by atoms with Crippen LogP contribution in [0.1, 0.15) is 27.7 Å². The van der Waals surface area contributed by atoms with Gasteiger partial charge in [0.15, 0.2) is 0 Å². The molecule has 18 heavy (non-hydrogen) atoms. The number of hydrogen-bond donors (Lipinski definition) is 2. The maximum Gasteiger partial charge on any atom is 0.0743 e. The van der Waals surface area contributed by atoms with Crippen LogP contribution < -0.4 is 11.1 Å². The molecule has 0 amide bonds. The van der Waals surface area contributed by atoms with Crippen LogP contribution in [0.25, 0.3) is 10.9 Å². The summed E-state index contributed by atoms with van der Waals surface area (Å²) in [7, 11) is 0. The van der Waals surface area contributed by atoms with E-state index < -0.39 is 0 Å². The quantitative estimate of drug-likeness (QED) is 0.846. The topological polar surface area (TPSA) is 50.9 Å². The fourth-order valence-corrected chi connectivity index (χ4v) is 1.75. The summed E-state index contributed by atoms with van der Waals surface area (Å²) >= 11 is 0. The maximum absolute atomic E-state index is 6.05. The van der Waals surface area contributed by atoms with Crippen LogP contribution in [0.4, 0.5) is 11.4 Å². The summed E-state index contributed by atoms with van der Waals surface area (Å²) in [5, 5.41) is 4.61. The first-order chi connectivity index (χ1) is 8.39. The lowest BCUT2D eigenvalue weighted by Gasteiger charge is -2.30. The molecule has 1 atom stereocenters. The van der Waals surface area contributed by atoms with Crippen LogP contribution in [-0.4, -0.2) is 11.0 Å². The van der Waals surface area contributed by atoms with Crippen LogP contribution in [0.15, 0.2) is 30.5 Å². The first kappa shape index (κ1) is 12.7. The van der Waals surface area contributed by atoms with Gasteiger partial charge in [-0.2, -0.15) is 0 Å². The standard InChI is InChI=1S/C15H21N3/c1-10(15(2,3)4)18-14-11-7-5-6-8-13(11)17-9-12(14)16/h5-10H,16H2,1-4H3,(H,17,18). The third kappa shape index (κ3) is 2.40. The third-order valence-corrected chi connectivity index (χ3v) is 3.46. The van der Waals surface area contributed by atoms with Crippen LogP contribution in [0.2, 0.25) is 0 Å². The van der Waals surface area contributed by atoms with Gasteiger partial charge in [-0.15, -0.1) is 0 Å². The highest BCUT2D eigenvalue weighted by Gasteiger charge is 2.21. The molecule has 0 radical (unpaired) electrons. The summed E-state index contributed by atoms with van der Waals surface area (Å²) in [6.07, 6.45) is 1.72. The van der Waals surface area contributed by atoms with Gasteiger partial charge in [-0.1, -0.05) is 39.0 Å². The van der Waals surface area contributed by atoms with Crippen molar-refractivity contribution in [3.05, 3.63) is 30.5 Å². The van der Waals surface area contributed by atoms with Gasteiger partial charge in [0.1, 0.15) is 0 Å². The average Bonchev–Trinajstić information content (AvgIpc) is 2.31. The second-order valence-corrected chi connectivity index (χ2v) is 5.84. The number of rotatable bonds is 2. The van der Waals surface area contributed by atoms with Gasteiger partial charge in [0.2, 0.25) is 0 Å². The second kappa shape index (κ2) is 4.48. The summed E-state index contributed by atoms with van der Waals surface area (Å²) in [5.41, 5.74) is 8.89. The number of fused-ring (bicyclic) bond motifs is 1. The minimum atomic E-state index is 0.177. The number of benzene rings is 1. The highest BCUT2D eigenvalue weighted by Crippen LogP contribution is 2.31. The Kier molecular flexibility index (Phi) is 3.16. The summed E-state index contributed by atoms with van der Waals surface area (Å²) in [5.74, 6) is 0. The fourth-order valence-electron chi connectivity index (χ4n) is 1.75. The van der Waals surface area contributed by atoms with Crippen molar-refractivity contribution >= 4 is 22.3 Å². The molecule has 2 aromatic rings. The maximum atomic E-state index is 6.05. The Morgan fingerprint density at radius 1 is 1.22 bits per heavy atom. The zero-order valence-electron chi connectivity index (χ0n) is 11.5. The van der Waals surface area contributed by atoms with Gasteiger partial charge in [-0.3, -0.25) is 4.98 Å². The summed E-state index contributed by atoms with van der Waals surface area (Å²) in [6.45, 7) is 8.81. The molecule has 1 aromatic carbocycles. The third-order valence-electron chi connectivity index (χ3n) is 3.46. The molecule has 0 aliphatic heterocycles. The lowest BCUT2D eigenvalue weighted by molar-refractivity contribution is 0.359. The number of aromatic nitrogens is 1. The zero-order chi connectivity index (χ0) is 13.3. The number of anilines is 2. The van der Waals surface area contributed by atoms with Crippen molar-refractivity contribution in [3.63, 3.8) is 0 Å². The van der Waals surface area contributed by atoms with Crippen molar-refractivity contribution in [3.8, 4) is 0 Å². The van der Waals surface area contributed by atoms with E-state index in [0.717, 1.165) is 16.6 Å². The molecule has 0 saturated carbocycles. The highest BCUT2D eigenvalue weighted by atomic mass is 15.0. The average molecular weight is 243 g/mol. The molecular weight excluding hydrogens is 222 g/mol. The Balaban J connectivity index is 2.47. The largest absolute Gasteiger partial charge is 0.396 e. The van der Waals surface area contributed by atoms with Gasteiger partial charge >= 0.3 is 0 Å². The zero-order valence-corrected chi connectivity index (χ0v) is 11.5. The SMILES string of the molecule is CC(Nc1c(N)cnc2ccccc12)C(C)(C)C. The van der Waals surface area contributed by atoms with E-state index in [9.17, 15) is 0 Å². The van der Waals surface area contributed by atoms with E-state index >= 15 is 0 Å². The predicted octanol–water partition coefficient (Wildman–Crippen LogP) is 3.66. The number of para-hydroxylation sites is 1. The molecule has 0 fully saturated rings. The second-order valence-electron chi connectivity index (χ2n) is 5.84. The van der Waals surface area contributed by atoms with E-state index in [4.69, 9.17) is 5.73 Å². The van der Waals surface area contributed by atoms with Crippen molar-refractivity contribution < 1.29 is 0 Å². The predicted molar refractivity (Wildman–Crippen MR) is 78.7 cm³/mol. The molecule has 3 nitrogen and oxygen atoms in total. The number of nitrogens with two attached hydrogens (primary N) is 1. The summed E-state index contributed by atoms with van der Waals surface area (Å²) < 4.78 is 0. The van der Waals surface area contributed by atoms with Gasteiger partial charge in [0.05, 0.1) is 23.1 Å². The Labute approximate surface area is 108 Å². The fraction of sp³-hybridized carbons (Fsp3) is 0.400. The monoisotopic (exact) mass is 243 g/mol. The van der Waals surface area contributed by atoms with Crippen LogP contribution in [0, 0.1) is 5.41 Å². The lowest BCUT2D eigenvalue weighted by Crippen LogP contribution is -2.31. The van der Waals surface area contributed by atoms with Crippen molar-refractivity contribution in [2.24, 2.45) is 5.41 Å². The van der Waals surface area contributed by atoms with Gasteiger partial charge in [0.25, 0.3) is 0 Å². The number of pyridine rings is 1. The highest BCUT2D eigenvalue weighted by molar-refractivity contribution is 5.96. The Morgan fingerprint density at radius 2 is 1.89 bits per heavy atom. The van der Waals surface area contributed by atoms with E-state index in [1.165, 1.54) is 0 Å². The van der Waals surface area contributed by atoms with E-state index in [1.807, 2.05) is 18.2 Å². The molecule has 3 N–H and O–H groups in total. The van der Waals surface area contributed by atoms with Gasteiger partial charge < -0.3 is 11.1 Å². The van der Waals surface area contributed by atoms with Crippen LogP contribution in [0.5, 0.6) is 0 Å². The number of hydrogen-bond acceptors (Lipinski definition) is 3. The van der Waals surface area contributed by atoms with Gasteiger partial charge in [-0.25, -0.2) is 0 Å². The van der Waals surface area contributed by atoms with Crippen molar-refractivity contribution in [2.75, 3.05) is 11.1 Å². The molecule has 3 heteroatoms. The van der Waals surface area contributed by atoms with E-state index in [2.05, 4.69) is 44.1 Å². The minimum Gasteiger partial charge on any atom is -0.396 e. The molecule has 1 aromatic heterocycles. The van der Waals surface area contributed by atoms with Crippen molar-refractivity contribution in [2.45, 2.75) is 33.7 Å². The number of nitrogens with zero attached hydrogens (tertiary/aromatic N) is 1. The van der Waals surface area contributed by atoms with Crippen molar-refractivity contribution in [1.82, 2.24) is 4.98 Å². The van der Waals surface area contributed by atoms with E-state index in [-0.39, 0.29) is 5.41 Å². The number of nitrogens with one attached hydrogen (secondary N) is 1. The molecule has 1 unspecified atom stereocenters. The molecule has 0 spiro atoms. The smallest absolute Gasteiger partial charge is 0.0743 e. The molecule has 0 bridgehead atoms. The molecule has 2 rings (SSSR count). The lowest BCUT2D eigenvalue weighted by atomic mass is 9.88. The van der Waals surface area contributed by atoms with Gasteiger partial charge in [-0.05, 0) is 18.4 Å². The van der Waals surface area contributed by atoms with Crippen LogP contribution in [0.3, 0.4) is 0 Å². The van der Waals surface area contributed by atoms with E-state index in [0.29, 0.717) is 11.7 Å². The molecule has 1 heterocycles. The molecule has 0 aliphatic rings. The first-order valence-electron chi connectivity index (χ1n) is 6.29. The molecule has 0 aliphatic carbocycles. The van der Waals surface area contributed by atoms with E-state index in [1.54, 1.807) is 6.20 Å². The Hall–Kier alpha value is -1.77.